The van der Waals surface area contributed by atoms with Gasteiger partial charge in [0.15, 0.2) is 0 Å². The zero-order chi connectivity index (χ0) is 10.4. The molecule has 0 heterocycles. The molecule has 0 bridgehead atoms. The van der Waals surface area contributed by atoms with Gasteiger partial charge in [0.25, 0.3) is 0 Å². The second kappa shape index (κ2) is 4.78. The molecule has 0 saturated heterocycles. The highest BCUT2D eigenvalue weighted by Gasteiger charge is 2.09. The largest absolute Gasteiger partial charge is 0.288 e. The molecular weight excluding hydrogens is 174 g/mol. The van der Waals surface area contributed by atoms with Gasteiger partial charge in [0, 0.05) is 5.56 Å². The van der Waals surface area contributed by atoms with Crippen molar-refractivity contribution >= 4 is 5.78 Å². The quantitative estimate of drug-likeness (QED) is 0.312. The molecule has 0 aliphatic carbocycles. The second-order valence-electron chi connectivity index (χ2n) is 2.62. The van der Waals surface area contributed by atoms with Gasteiger partial charge in [-0.25, -0.2) is 0 Å². The predicted octanol–water partition coefficient (Wildman–Crippen LogP) is 2.51. The van der Waals surface area contributed by atoms with Crippen LogP contribution in [0.15, 0.2) is 54.6 Å². The molecule has 68 valence electrons. The maximum Gasteiger partial charge on any atom is 0.203 e. The van der Waals surface area contributed by atoms with Gasteiger partial charge in [-0.3, -0.25) is 4.79 Å². The molecule has 0 unspecified atom stereocenters. The van der Waals surface area contributed by atoms with Crippen LogP contribution in [0.3, 0.4) is 0 Å². The van der Waals surface area contributed by atoms with E-state index in [1.807, 2.05) is 12.1 Å². The number of carbonyl (C=O) groups is 1. The van der Waals surface area contributed by atoms with Crippen molar-refractivity contribution in [2.75, 3.05) is 0 Å². The minimum atomic E-state index is -0.270. The Hall–Kier alpha value is -2.14. The van der Waals surface area contributed by atoms with Crippen LogP contribution in [0.5, 0.6) is 0 Å². The van der Waals surface area contributed by atoms with Gasteiger partial charge in [0.2, 0.25) is 5.78 Å². The van der Waals surface area contributed by atoms with Crippen molar-refractivity contribution in [2.24, 2.45) is 0 Å². The van der Waals surface area contributed by atoms with Gasteiger partial charge in [-0.2, -0.15) is 5.26 Å². The summed E-state index contributed by atoms with van der Waals surface area (Å²) in [6, 6.07) is 10.5. The third-order valence-corrected chi connectivity index (χ3v) is 1.69. The molecule has 0 aromatic heterocycles. The summed E-state index contributed by atoms with van der Waals surface area (Å²) in [4.78, 5) is 11.6. The molecule has 0 radical (unpaired) electrons. The first-order valence-corrected chi connectivity index (χ1v) is 4.12. The number of Topliss-reactive ketones (excluding diaryl/α,β-unsaturated/α-hetero) is 1. The summed E-state index contributed by atoms with van der Waals surface area (Å²) in [5.41, 5.74) is 0.619. The lowest BCUT2D eigenvalue weighted by Crippen LogP contribution is -2.00. The Balaban J connectivity index is 3.03. The fourth-order valence-electron chi connectivity index (χ4n) is 1.03. The highest BCUT2D eigenvalue weighted by Crippen LogP contribution is 2.07. The number of hydrogen-bond acceptors (Lipinski definition) is 2. The van der Waals surface area contributed by atoms with Crippen molar-refractivity contribution in [3.63, 3.8) is 0 Å². The summed E-state index contributed by atoms with van der Waals surface area (Å²) in [6.45, 7) is 3.44. The first kappa shape index (κ1) is 9.94. The standard InChI is InChI=1S/C12H9NO/c1-2-6-11(9-13)12(14)10-7-4-3-5-8-10/h2-8H,1H2/b11-6+. The van der Waals surface area contributed by atoms with Gasteiger partial charge in [-0.05, 0) is 6.08 Å². The highest BCUT2D eigenvalue weighted by atomic mass is 16.1. The lowest BCUT2D eigenvalue weighted by atomic mass is 10.0. The monoisotopic (exact) mass is 183 g/mol. The van der Waals surface area contributed by atoms with E-state index in [2.05, 4.69) is 6.58 Å². The Kier molecular flexibility index (Phi) is 3.40. The van der Waals surface area contributed by atoms with Gasteiger partial charge in [-0.1, -0.05) is 43.0 Å². The topological polar surface area (TPSA) is 40.9 Å². The molecule has 0 aliphatic heterocycles. The molecule has 0 N–H and O–H groups in total. The molecule has 14 heavy (non-hydrogen) atoms. The van der Waals surface area contributed by atoms with Crippen LogP contribution in [0.1, 0.15) is 10.4 Å². The SMILES string of the molecule is C=C/C=C(\C#N)C(=O)c1ccccc1. The zero-order valence-corrected chi connectivity index (χ0v) is 7.60. The highest BCUT2D eigenvalue weighted by molar-refractivity contribution is 6.11. The van der Waals surface area contributed by atoms with E-state index in [9.17, 15) is 4.79 Å². The molecule has 0 atom stereocenters. The van der Waals surface area contributed by atoms with E-state index in [0.717, 1.165) is 0 Å². The van der Waals surface area contributed by atoms with Gasteiger partial charge < -0.3 is 0 Å². The number of rotatable bonds is 3. The van der Waals surface area contributed by atoms with Crippen LogP contribution in [0, 0.1) is 11.3 Å². The van der Waals surface area contributed by atoms with Gasteiger partial charge in [0.05, 0.1) is 5.57 Å². The van der Waals surface area contributed by atoms with Crippen molar-refractivity contribution in [1.82, 2.24) is 0 Å². The normalized spacial score (nSPS) is 10.4. The van der Waals surface area contributed by atoms with E-state index in [-0.39, 0.29) is 11.4 Å². The lowest BCUT2D eigenvalue weighted by molar-refractivity contribution is 0.103. The number of nitriles is 1. The van der Waals surface area contributed by atoms with Gasteiger partial charge >= 0.3 is 0 Å². The summed E-state index contributed by atoms with van der Waals surface area (Å²) in [5.74, 6) is -0.270. The summed E-state index contributed by atoms with van der Waals surface area (Å²) in [6.07, 6.45) is 2.84. The van der Waals surface area contributed by atoms with Crippen LogP contribution >= 0.6 is 0 Å². The molecular formula is C12H9NO. The lowest BCUT2D eigenvalue weighted by Gasteiger charge is -1.96. The summed E-state index contributed by atoms with van der Waals surface area (Å²) in [5, 5.41) is 8.70. The van der Waals surface area contributed by atoms with Gasteiger partial charge in [0.1, 0.15) is 6.07 Å². The van der Waals surface area contributed by atoms with Crippen LogP contribution in [0.25, 0.3) is 0 Å². The number of allylic oxidation sites excluding steroid dienone is 3. The van der Waals surface area contributed by atoms with Crippen molar-refractivity contribution in [3.05, 3.63) is 60.2 Å². The molecule has 0 spiro atoms. The maximum atomic E-state index is 11.6. The zero-order valence-electron chi connectivity index (χ0n) is 7.60. The molecule has 0 aliphatic rings. The Morgan fingerprint density at radius 1 is 1.36 bits per heavy atom. The molecule has 0 saturated carbocycles. The van der Waals surface area contributed by atoms with Gasteiger partial charge in [-0.15, -0.1) is 0 Å². The molecule has 1 rings (SSSR count). The van der Waals surface area contributed by atoms with E-state index in [4.69, 9.17) is 5.26 Å². The molecule has 2 nitrogen and oxygen atoms in total. The summed E-state index contributed by atoms with van der Waals surface area (Å²) in [7, 11) is 0. The average Bonchev–Trinajstić information content (AvgIpc) is 2.26. The third kappa shape index (κ3) is 2.18. The van der Waals surface area contributed by atoms with E-state index in [1.54, 1.807) is 24.3 Å². The molecule has 1 aromatic rings. The fraction of sp³-hybridized carbons (Fsp3) is 0. The third-order valence-electron chi connectivity index (χ3n) is 1.69. The van der Waals surface area contributed by atoms with Crippen molar-refractivity contribution in [2.45, 2.75) is 0 Å². The Morgan fingerprint density at radius 3 is 2.50 bits per heavy atom. The van der Waals surface area contributed by atoms with E-state index in [1.165, 1.54) is 12.2 Å². The number of nitrogens with zero attached hydrogens (tertiary/aromatic N) is 1. The molecule has 0 fully saturated rings. The van der Waals surface area contributed by atoms with E-state index in [0.29, 0.717) is 5.56 Å². The Labute approximate surface area is 82.8 Å². The number of carbonyl (C=O) groups excluding carboxylic acids is 1. The first-order chi connectivity index (χ1) is 6.79. The molecule has 0 amide bonds. The minimum Gasteiger partial charge on any atom is -0.288 e. The Morgan fingerprint density at radius 2 is 2.00 bits per heavy atom. The van der Waals surface area contributed by atoms with Crippen LogP contribution in [-0.4, -0.2) is 5.78 Å². The number of benzene rings is 1. The fourth-order valence-corrected chi connectivity index (χ4v) is 1.03. The van der Waals surface area contributed by atoms with Crippen molar-refractivity contribution in [1.29, 1.82) is 5.26 Å². The molecule has 1 aromatic carbocycles. The van der Waals surface area contributed by atoms with Crippen molar-refractivity contribution in [3.8, 4) is 6.07 Å². The number of ketones is 1. The summed E-state index contributed by atoms with van der Waals surface area (Å²) >= 11 is 0. The second-order valence-corrected chi connectivity index (χ2v) is 2.62. The predicted molar refractivity (Wildman–Crippen MR) is 54.7 cm³/mol. The van der Waals surface area contributed by atoms with E-state index >= 15 is 0 Å². The van der Waals surface area contributed by atoms with Crippen LogP contribution < -0.4 is 0 Å². The van der Waals surface area contributed by atoms with Crippen LogP contribution in [0.2, 0.25) is 0 Å². The first-order valence-electron chi connectivity index (χ1n) is 4.12. The minimum absolute atomic E-state index is 0.103. The maximum absolute atomic E-state index is 11.6. The van der Waals surface area contributed by atoms with Crippen LogP contribution in [-0.2, 0) is 0 Å². The number of hydrogen-bond donors (Lipinski definition) is 0. The Bertz CT molecular complexity index is 410. The average molecular weight is 183 g/mol. The van der Waals surface area contributed by atoms with Crippen molar-refractivity contribution < 1.29 is 4.79 Å². The molecule has 2 heteroatoms. The smallest absolute Gasteiger partial charge is 0.203 e. The van der Waals surface area contributed by atoms with Crippen LogP contribution in [0.4, 0.5) is 0 Å². The summed E-state index contributed by atoms with van der Waals surface area (Å²) < 4.78 is 0. The van der Waals surface area contributed by atoms with E-state index < -0.39 is 0 Å².